The molecule has 0 radical (unpaired) electrons. The van der Waals surface area contributed by atoms with Crippen molar-refractivity contribution >= 4 is 5.84 Å². The van der Waals surface area contributed by atoms with E-state index >= 15 is 0 Å². The van der Waals surface area contributed by atoms with Crippen LogP contribution in [0.15, 0.2) is 47.8 Å². The molecular formula is C18H21N3O3. The van der Waals surface area contributed by atoms with Crippen LogP contribution in [0.5, 0.6) is 11.6 Å². The maximum Gasteiger partial charge on any atom is 0.230 e. The fraction of sp³-hybridized carbons (Fsp3) is 0.333. The van der Waals surface area contributed by atoms with Gasteiger partial charge in [0.25, 0.3) is 0 Å². The Bertz CT molecular complexity index is 695. The zero-order valence-electron chi connectivity index (χ0n) is 13.7. The maximum atomic E-state index is 9.51. The summed E-state index contributed by atoms with van der Waals surface area (Å²) in [6.07, 6.45) is 2.64. The van der Waals surface area contributed by atoms with Gasteiger partial charge in [0.2, 0.25) is 5.88 Å². The standard InChI is InChI=1S/C18H21N3O3/c1-2-14-5-7-15(8-6-14)24-18-16(4-3-9-19-18)17(20-22)21-10-12-23-13-11-21/h3-9,22H,2,10-13H2,1H3/b20-17-. The van der Waals surface area contributed by atoms with Crippen molar-refractivity contribution in [2.45, 2.75) is 13.3 Å². The van der Waals surface area contributed by atoms with Crippen molar-refractivity contribution in [2.75, 3.05) is 26.3 Å². The zero-order chi connectivity index (χ0) is 16.8. The molecule has 0 saturated carbocycles. The topological polar surface area (TPSA) is 67.2 Å². The van der Waals surface area contributed by atoms with E-state index in [0.717, 1.165) is 6.42 Å². The smallest absolute Gasteiger partial charge is 0.230 e. The van der Waals surface area contributed by atoms with Gasteiger partial charge in [-0.1, -0.05) is 24.2 Å². The number of hydrogen-bond donors (Lipinski definition) is 1. The molecule has 1 N–H and O–H groups in total. The molecule has 1 aliphatic heterocycles. The Hall–Kier alpha value is -2.60. The summed E-state index contributed by atoms with van der Waals surface area (Å²) < 4.78 is 11.3. The average Bonchev–Trinajstić information content (AvgIpc) is 2.65. The largest absolute Gasteiger partial charge is 0.438 e. The van der Waals surface area contributed by atoms with Gasteiger partial charge < -0.3 is 19.6 Å². The van der Waals surface area contributed by atoms with Crippen LogP contribution < -0.4 is 4.74 Å². The Labute approximate surface area is 141 Å². The van der Waals surface area contributed by atoms with Crippen LogP contribution in [-0.2, 0) is 11.2 Å². The number of aryl methyl sites for hydroxylation is 1. The monoisotopic (exact) mass is 327 g/mol. The van der Waals surface area contributed by atoms with Crippen LogP contribution in [0.2, 0.25) is 0 Å². The highest BCUT2D eigenvalue weighted by molar-refractivity contribution is 6.00. The lowest BCUT2D eigenvalue weighted by Crippen LogP contribution is -2.41. The molecule has 24 heavy (non-hydrogen) atoms. The first kappa shape index (κ1) is 16.3. The van der Waals surface area contributed by atoms with Gasteiger partial charge >= 0.3 is 0 Å². The van der Waals surface area contributed by atoms with Gasteiger partial charge in [-0.05, 0) is 36.2 Å². The summed E-state index contributed by atoms with van der Waals surface area (Å²) in [7, 11) is 0. The lowest BCUT2D eigenvalue weighted by atomic mass is 10.2. The highest BCUT2D eigenvalue weighted by Crippen LogP contribution is 2.25. The second-order valence-electron chi connectivity index (χ2n) is 5.48. The second kappa shape index (κ2) is 7.79. The molecule has 0 unspecified atom stereocenters. The van der Waals surface area contributed by atoms with Crippen LogP contribution in [-0.4, -0.2) is 47.2 Å². The molecule has 0 bridgehead atoms. The van der Waals surface area contributed by atoms with Crippen molar-refractivity contribution in [3.8, 4) is 11.6 Å². The average molecular weight is 327 g/mol. The number of amidine groups is 1. The predicted octanol–water partition coefficient (Wildman–Crippen LogP) is 2.90. The zero-order valence-corrected chi connectivity index (χ0v) is 13.7. The first-order chi connectivity index (χ1) is 11.8. The summed E-state index contributed by atoms with van der Waals surface area (Å²) in [5.74, 6) is 1.57. The van der Waals surface area contributed by atoms with E-state index in [1.54, 1.807) is 12.3 Å². The summed E-state index contributed by atoms with van der Waals surface area (Å²) in [6.45, 7) is 4.65. The van der Waals surface area contributed by atoms with E-state index in [2.05, 4.69) is 17.1 Å². The molecule has 6 heteroatoms. The van der Waals surface area contributed by atoms with E-state index in [9.17, 15) is 5.21 Å². The molecule has 1 aromatic carbocycles. The highest BCUT2D eigenvalue weighted by atomic mass is 16.5. The van der Waals surface area contributed by atoms with Gasteiger partial charge in [-0.25, -0.2) is 4.98 Å². The van der Waals surface area contributed by atoms with Crippen LogP contribution in [0.1, 0.15) is 18.1 Å². The third kappa shape index (κ3) is 3.65. The summed E-state index contributed by atoms with van der Waals surface area (Å²) in [4.78, 5) is 6.27. The Kier molecular flexibility index (Phi) is 5.28. The Morgan fingerprint density at radius 1 is 1.25 bits per heavy atom. The van der Waals surface area contributed by atoms with E-state index in [0.29, 0.717) is 49.3 Å². The number of rotatable bonds is 4. The highest BCUT2D eigenvalue weighted by Gasteiger charge is 2.21. The van der Waals surface area contributed by atoms with Crippen LogP contribution in [0, 0.1) is 0 Å². The predicted molar refractivity (Wildman–Crippen MR) is 90.8 cm³/mol. The molecule has 1 fully saturated rings. The number of oxime groups is 1. The number of ether oxygens (including phenoxy) is 2. The van der Waals surface area contributed by atoms with Gasteiger partial charge in [-0.2, -0.15) is 0 Å². The first-order valence-electron chi connectivity index (χ1n) is 8.08. The minimum absolute atomic E-state index is 0.418. The molecule has 0 aliphatic carbocycles. The number of benzene rings is 1. The first-order valence-corrected chi connectivity index (χ1v) is 8.08. The molecule has 126 valence electrons. The van der Waals surface area contributed by atoms with E-state index in [1.807, 2.05) is 35.2 Å². The molecule has 0 spiro atoms. The van der Waals surface area contributed by atoms with Gasteiger partial charge in [-0.15, -0.1) is 0 Å². The minimum Gasteiger partial charge on any atom is -0.438 e. The van der Waals surface area contributed by atoms with Gasteiger partial charge in [0.1, 0.15) is 5.75 Å². The van der Waals surface area contributed by atoms with Gasteiger partial charge in [-0.3, -0.25) is 0 Å². The molecule has 0 amide bonds. The summed E-state index contributed by atoms with van der Waals surface area (Å²) in [6, 6.07) is 11.5. The third-order valence-corrected chi connectivity index (χ3v) is 3.96. The number of pyridine rings is 1. The lowest BCUT2D eigenvalue weighted by Gasteiger charge is -2.29. The number of hydrogen-bond acceptors (Lipinski definition) is 5. The third-order valence-electron chi connectivity index (χ3n) is 3.96. The van der Waals surface area contributed by atoms with E-state index in [4.69, 9.17) is 9.47 Å². The fourth-order valence-corrected chi connectivity index (χ4v) is 2.61. The normalized spacial score (nSPS) is 15.4. The summed E-state index contributed by atoms with van der Waals surface area (Å²) >= 11 is 0. The number of aromatic nitrogens is 1. The molecule has 1 aromatic heterocycles. The summed E-state index contributed by atoms with van der Waals surface area (Å²) in [5, 5.41) is 13.0. The van der Waals surface area contributed by atoms with Crippen molar-refractivity contribution in [3.05, 3.63) is 53.7 Å². The van der Waals surface area contributed by atoms with Gasteiger partial charge in [0.05, 0.1) is 18.8 Å². The molecule has 1 saturated heterocycles. The molecule has 1 aliphatic rings. The van der Waals surface area contributed by atoms with Crippen molar-refractivity contribution < 1.29 is 14.7 Å². The van der Waals surface area contributed by atoms with Crippen molar-refractivity contribution in [1.29, 1.82) is 0 Å². The molecule has 0 atom stereocenters. The number of morpholine rings is 1. The summed E-state index contributed by atoms with van der Waals surface area (Å²) in [5.41, 5.74) is 1.90. The number of nitrogens with zero attached hydrogens (tertiary/aromatic N) is 3. The lowest BCUT2D eigenvalue weighted by molar-refractivity contribution is 0.0667. The molecule has 6 nitrogen and oxygen atoms in total. The fourth-order valence-electron chi connectivity index (χ4n) is 2.61. The Morgan fingerprint density at radius 2 is 2.00 bits per heavy atom. The van der Waals surface area contributed by atoms with E-state index in [-0.39, 0.29) is 0 Å². The quantitative estimate of drug-likeness (QED) is 0.405. The van der Waals surface area contributed by atoms with E-state index in [1.165, 1.54) is 5.56 Å². The van der Waals surface area contributed by atoms with Crippen LogP contribution in [0.3, 0.4) is 0 Å². The van der Waals surface area contributed by atoms with Crippen LogP contribution in [0.4, 0.5) is 0 Å². The molecular weight excluding hydrogens is 306 g/mol. The second-order valence-corrected chi connectivity index (χ2v) is 5.48. The SMILES string of the molecule is CCc1ccc(Oc2ncccc2/C(=N/O)N2CCOCC2)cc1. The molecule has 2 aromatic rings. The van der Waals surface area contributed by atoms with Crippen LogP contribution in [0.25, 0.3) is 0 Å². The maximum absolute atomic E-state index is 9.51. The van der Waals surface area contributed by atoms with Crippen LogP contribution >= 0.6 is 0 Å². The minimum atomic E-state index is 0.418. The van der Waals surface area contributed by atoms with Crippen molar-refractivity contribution in [3.63, 3.8) is 0 Å². The van der Waals surface area contributed by atoms with Gasteiger partial charge in [0.15, 0.2) is 5.84 Å². The van der Waals surface area contributed by atoms with Gasteiger partial charge in [0, 0.05) is 19.3 Å². The molecule has 3 rings (SSSR count). The van der Waals surface area contributed by atoms with Crippen molar-refractivity contribution in [1.82, 2.24) is 9.88 Å². The molecule has 2 heterocycles. The van der Waals surface area contributed by atoms with E-state index < -0.39 is 0 Å². The van der Waals surface area contributed by atoms with Crippen molar-refractivity contribution in [2.24, 2.45) is 5.16 Å². The Morgan fingerprint density at radius 3 is 2.67 bits per heavy atom. The Balaban J connectivity index is 1.86.